The summed E-state index contributed by atoms with van der Waals surface area (Å²) in [6.07, 6.45) is 0. The third kappa shape index (κ3) is 4.74. The van der Waals surface area contributed by atoms with Gasteiger partial charge in [0.25, 0.3) is 5.91 Å². The van der Waals surface area contributed by atoms with Crippen molar-refractivity contribution in [3.05, 3.63) is 56.6 Å². The SMILES string of the molecule is COc1cc(OCC(=O)Nc2cc(Cl)cc(Cl)c2)ccc1[N+](=O)[O-]. The number of amides is 1. The number of methoxy groups -OCH3 is 1. The van der Waals surface area contributed by atoms with Crippen LogP contribution in [0.2, 0.25) is 10.0 Å². The van der Waals surface area contributed by atoms with E-state index in [2.05, 4.69) is 5.32 Å². The van der Waals surface area contributed by atoms with Gasteiger partial charge < -0.3 is 14.8 Å². The molecule has 0 radical (unpaired) electrons. The Morgan fingerprint density at radius 2 is 1.88 bits per heavy atom. The number of rotatable bonds is 6. The second kappa shape index (κ2) is 7.85. The number of ether oxygens (including phenoxy) is 2. The molecule has 2 aromatic rings. The fourth-order valence-electron chi connectivity index (χ4n) is 1.87. The van der Waals surface area contributed by atoms with E-state index in [0.717, 1.165) is 0 Å². The van der Waals surface area contributed by atoms with Gasteiger partial charge in [-0.15, -0.1) is 0 Å². The van der Waals surface area contributed by atoms with Crippen molar-refractivity contribution in [3.63, 3.8) is 0 Å². The van der Waals surface area contributed by atoms with Crippen molar-refractivity contribution >= 4 is 40.5 Å². The van der Waals surface area contributed by atoms with Crippen LogP contribution in [0, 0.1) is 10.1 Å². The number of nitrogens with one attached hydrogen (secondary N) is 1. The first kappa shape index (κ1) is 17.8. The minimum atomic E-state index is -0.571. The fraction of sp³-hybridized carbons (Fsp3) is 0.133. The number of carbonyl (C=O) groups is 1. The number of nitro benzene ring substituents is 1. The van der Waals surface area contributed by atoms with E-state index in [4.69, 9.17) is 32.7 Å². The Morgan fingerprint density at radius 3 is 2.46 bits per heavy atom. The Labute approximate surface area is 147 Å². The number of anilines is 1. The zero-order valence-electron chi connectivity index (χ0n) is 12.4. The molecule has 0 aromatic heterocycles. The average Bonchev–Trinajstić information content (AvgIpc) is 2.51. The molecule has 0 unspecified atom stereocenters. The average molecular weight is 371 g/mol. The van der Waals surface area contributed by atoms with Crippen LogP contribution in [0.1, 0.15) is 0 Å². The molecular formula is C15H12Cl2N2O5. The molecule has 0 spiro atoms. The molecule has 0 saturated heterocycles. The van der Waals surface area contributed by atoms with Gasteiger partial charge in [0, 0.05) is 27.9 Å². The largest absolute Gasteiger partial charge is 0.490 e. The molecule has 1 amide bonds. The van der Waals surface area contributed by atoms with Gasteiger partial charge in [0.2, 0.25) is 5.75 Å². The molecule has 0 aliphatic heterocycles. The number of hydrogen-bond acceptors (Lipinski definition) is 5. The van der Waals surface area contributed by atoms with Crippen molar-refractivity contribution in [2.24, 2.45) is 0 Å². The normalized spacial score (nSPS) is 10.1. The van der Waals surface area contributed by atoms with Gasteiger partial charge in [-0.25, -0.2) is 0 Å². The van der Waals surface area contributed by atoms with Crippen LogP contribution in [0.25, 0.3) is 0 Å². The zero-order chi connectivity index (χ0) is 17.7. The van der Waals surface area contributed by atoms with Crippen LogP contribution >= 0.6 is 23.2 Å². The number of nitrogens with zero attached hydrogens (tertiary/aromatic N) is 1. The van der Waals surface area contributed by atoms with E-state index in [9.17, 15) is 14.9 Å². The first-order valence-corrected chi connectivity index (χ1v) is 7.36. The predicted molar refractivity (Wildman–Crippen MR) is 90.2 cm³/mol. The summed E-state index contributed by atoms with van der Waals surface area (Å²) in [7, 11) is 1.31. The van der Waals surface area contributed by atoms with Crippen LogP contribution in [-0.2, 0) is 4.79 Å². The van der Waals surface area contributed by atoms with Gasteiger partial charge in [-0.3, -0.25) is 14.9 Å². The summed E-state index contributed by atoms with van der Waals surface area (Å²) in [5.41, 5.74) is 0.241. The molecule has 0 aliphatic rings. The van der Waals surface area contributed by atoms with E-state index in [1.54, 1.807) is 18.2 Å². The van der Waals surface area contributed by atoms with E-state index in [-0.39, 0.29) is 23.8 Å². The Hall–Kier alpha value is -2.51. The topological polar surface area (TPSA) is 90.7 Å². The lowest BCUT2D eigenvalue weighted by molar-refractivity contribution is -0.385. The van der Waals surface area contributed by atoms with Crippen molar-refractivity contribution in [2.45, 2.75) is 0 Å². The third-order valence-electron chi connectivity index (χ3n) is 2.86. The molecule has 0 heterocycles. The highest BCUT2D eigenvalue weighted by Gasteiger charge is 2.15. The zero-order valence-corrected chi connectivity index (χ0v) is 13.9. The van der Waals surface area contributed by atoms with Gasteiger partial charge in [-0.05, 0) is 24.3 Å². The lowest BCUT2D eigenvalue weighted by Crippen LogP contribution is -2.20. The molecule has 0 aliphatic carbocycles. The number of carbonyl (C=O) groups excluding carboxylic acids is 1. The van der Waals surface area contributed by atoms with Crippen LogP contribution in [0.3, 0.4) is 0 Å². The van der Waals surface area contributed by atoms with E-state index in [0.29, 0.717) is 15.7 Å². The van der Waals surface area contributed by atoms with Crippen LogP contribution in [0.15, 0.2) is 36.4 Å². The maximum absolute atomic E-state index is 11.9. The standard InChI is InChI=1S/C15H12Cl2N2O5/c1-23-14-7-12(2-3-13(14)19(21)22)24-8-15(20)18-11-5-9(16)4-10(17)6-11/h2-7H,8H2,1H3,(H,18,20). The summed E-state index contributed by atoms with van der Waals surface area (Å²) in [4.78, 5) is 22.1. The number of hydrogen-bond donors (Lipinski definition) is 1. The Kier molecular flexibility index (Phi) is 5.83. The monoisotopic (exact) mass is 370 g/mol. The third-order valence-corrected chi connectivity index (χ3v) is 3.30. The van der Waals surface area contributed by atoms with Gasteiger partial charge in [0.05, 0.1) is 12.0 Å². The molecule has 2 aromatic carbocycles. The summed E-state index contributed by atoms with van der Waals surface area (Å²) >= 11 is 11.7. The maximum atomic E-state index is 11.9. The fourth-order valence-corrected chi connectivity index (χ4v) is 2.40. The van der Waals surface area contributed by atoms with Crippen LogP contribution < -0.4 is 14.8 Å². The van der Waals surface area contributed by atoms with Gasteiger partial charge in [0.1, 0.15) is 5.75 Å². The van der Waals surface area contributed by atoms with Gasteiger partial charge >= 0.3 is 5.69 Å². The molecule has 2 rings (SSSR count). The Bertz CT molecular complexity index is 762. The second-order valence-corrected chi connectivity index (χ2v) is 5.46. The molecular weight excluding hydrogens is 359 g/mol. The lowest BCUT2D eigenvalue weighted by Gasteiger charge is -2.09. The quantitative estimate of drug-likeness (QED) is 0.614. The summed E-state index contributed by atoms with van der Waals surface area (Å²) in [5, 5.41) is 14.2. The highest BCUT2D eigenvalue weighted by molar-refractivity contribution is 6.35. The van der Waals surface area contributed by atoms with E-state index < -0.39 is 10.8 Å². The molecule has 0 saturated carbocycles. The van der Waals surface area contributed by atoms with Crippen molar-refractivity contribution < 1.29 is 19.2 Å². The summed E-state index contributed by atoms with van der Waals surface area (Å²) in [5.74, 6) is -0.137. The Morgan fingerprint density at radius 1 is 1.21 bits per heavy atom. The summed E-state index contributed by atoms with van der Waals surface area (Å²) in [6, 6.07) is 8.58. The molecule has 126 valence electrons. The molecule has 0 fully saturated rings. The van der Waals surface area contributed by atoms with Crippen LogP contribution in [0.4, 0.5) is 11.4 Å². The molecule has 7 nitrogen and oxygen atoms in total. The number of nitro groups is 1. The summed E-state index contributed by atoms with van der Waals surface area (Å²) in [6.45, 7) is -0.300. The summed E-state index contributed by atoms with van der Waals surface area (Å²) < 4.78 is 10.2. The first-order chi connectivity index (χ1) is 11.4. The van der Waals surface area contributed by atoms with Crippen molar-refractivity contribution in [1.82, 2.24) is 0 Å². The van der Waals surface area contributed by atoms with Crippen molar-refractivity contribution in [2.75, 3.05) is 19.0 Å². The molecule has 1 N–H and O–H groups in total. The number of halogens is 2. The first-order valence-electron chi connectivity index (χ1n) is 6.60. The molecule has 24 heavy (non-hydrogen) atoms. The maximum Gasteiger partial charge on any atom is 0.311 e. The Balaban J connectivity index is 2.00. The smallest absolute Gasteiger partial charge is 0.311 e. The molecule has 9 heteroatoms. The van der Waals surface area contributed by atoms with E-state index >= 15 is 0 Å². The van der Waals surface area contributed by atoms with Gasteiger partial charge in [-0.1, -0.05) is 23.2 Å². The second-order valence-electron chi connectivity index (χ2n) is 4.59. The minimum Gasteiger partial charge on any atom is -0.490 e. The van der Waals surface area contributed by atoms with Crippen molar-refractivity contribution in [1.29, 1.82) is 0 Å². The van der Waals surface area contributed by atoms with Gasteiger partial charge in [0.15, 0.2) is 6.61 Å². The number of benzene rings is 2. The van der Waals surface area contributed by atoms with E-state index in [1.807, 2.05) is 0 Å². The van der Waals surface area contributed by atoms with Crippen LogP contribution in [-0.4, -0.2) is 24.5 Å². The van der Waals surface area contributed by atoms with Crippen molar-refractivity contribution in [3.8, 4) is 11.5 Å². The molecule has 0 bridgehead atoms. The lowest BCUT2D eigenvalue weighted by atomic mass is 10.3. The van der Waals surface area contributed by atoms with E-state index in [1.165, 1.54) is 25.3 Å². The highest BCUT2D eigenvalue weighted by atomic mass is 35.5. The molecule has 0 atom stereocenters. The highest BCUT2D eigenvalue weighted by Crippen LogP contribution is 2.30. The van der Waals surface area contributed by atoms with Crippen LogP contribution in [0.5, 0.6) is 11.5 Å². The van der Waals surface area contributed by atoms with Gasteiger partial charge in [-0.2, -0.15) is 0 Å². The minimum absolute atomic E-state index is 0.0412. The predicted octanol–water partition coefficient (Wildman–Crippen LogP) is 3.93.